The SMILES string of the molecule is CC(C)C1CCN(C(=O)C2(C)CC2(Cl)Cl)CC1. The molecule has 2 rings (SSSR count). The van der Waals surface area contributed by atoms with E-state index in [-0.39, 0.29) is 5.91 Å². The topological polar surface area (TPSA) is 20.3 Å². The predicted molar refractivity (Wildman–Crippen MR) is 71.3 cm³/mol. The second-order valence-electron chi connectivity index (χ2n) is 6.09. The van der Waals surface area contributed by atoms with Crippen molar-refractivity contribution in [1.82, 2.24) is 4.90 Å². The molecule has 1 heterocycles. The first-order valence-electron chi connectivity index (χ1n) is 6.45. The standard InChI is InChI=1S/C13H21Cl2NO/c1-9(2)10-4-6-16(7-5-10)11(17)12(3)8-13(12,14)15/h9-10H,4-8H2,1-3H3. The maximum atomic E-state index is 12.3. The van der Waals surface area contributed by atoms with Crippen LogP contribution in [0.5, 0.6) is 0 Å². The molecule has 4 heteroatoms. The Morgan fingerprint density at radius 1 is 1.29 bits per heavy atom. The van der Waals surface area contributed by atoms with Gasteiger partial charge in [-0.15, -0.1) is 23.2 Å². The molecule has 1 saturated heterocycles. The third-order valence-corrected chi connectivity index (χ3v) is 5.60. The molecule has 1 aliphatic carbocycles. The highest BCUT2D eigenvalue weighted by Gasteiger charge is 2.68. The van der Waals surface area contributed by atoms with Crippen LogP contribution in [0.3, 0.4) is 0 Å². The Labute approximate surface area is 114 Å². The van der Waals surface area contributed by atoms with Crippen molar-refractivity contribution in [3.63, 3.8) is 0 Å². The van der Waals surface area contributed by atoms with E-state index in [4.69, 9.17) is 23.2 Å². The van der Waals surface area contributed by atoms with E-state index in [1.54, 1.807) is 0 Å². The number of carbonyl (C=O) groups is 1. The Balaban J connectivity index is 1.92. The quantitative estimate of drug-likeness (QED) is 0.708. The highest BCUT2D eigenvalue weighted by molar-refractivity contribution is 6.53. The van der Waals surface area contributed by atoms with E-state index in [0.717, 1.165) is 31.8 Å². The van der Waals surface area contributed by atoms with Gasteiger partial charge in [-0.1, -0.05) is 13.8 Å². The molecule has 98 valence electrons. The first kappa shape index (κ1) is 13.5. The molecular formula is C13H21Cl2NO. The fraction of sp³-hybridized carbons (Fsp3) is 0.923. The number of likely N-dealkylation sites (tertiary alicyclic amines) is 1. The lowest BCUT2D eigenvalue weighted by Gasteiger charge is -2.35. The molecular weight excluding hydrogens is 257 g/mol. The minimum absolute atomic E-state index is 0.143. The molecule has 1 unspecified atom stereocenters. The molecule has 1 aliphatic heterocycles. The van der Waals surface area contributed by atoms with Gasteiger partial charge in [0.15, 0.2) is 0 Å². The lowest BCUT2D eigenvalue weighted by molar-refractivity contribution is -0.138. The third-order valence-electron chi connectivity index (χ3n) is 4.50. The smallest absolute Gasteiger partial charge is 0.231 e. The molecule has 1 atom stereocenters. The van der Waals surface area contributed by atoms with Crippen molar-refractivity contribution in [2.45, 2.75) is 44.4 Å². The van der Waals surface area contributed by atoms with Crippen LogP contribution >= 0.6 is 23.2 Å². The fourth-order valence-electron chi connectivity index (χ4n) is 2.75. The van der Waals surface area contributed by atoms with Crippen molar-refractivity contribution in [3.05, 3.63) is 0 Å². The lowest BCUT2D eigenvalue weighted by atomic mass is 9.86. The van der Waals surface area contributed by atoms with Gasteiger partial charge < -0.3 is 4.90 Å². The molecule has 1 saturated carbocycles. The molecule has 0 bridgehead atoms. The number of nitrogens with zero attached hydrogens (tertiary/aromatic N) is 1. The molecule has 0 radical (unpaired) electrons. The number of hydrogen-bond acceptors (Lipinski definition) is 1. The maximum Gasteiger partial charge on any atom is 0.231 e. The van der Waals surface area contributed by atoms with Crippen LogP contribution in [0.15, 0.2) is 0 Å². The van der Waals surface area contributed by atoms with Crippen molar-refractivity contribution in [2.24, 2.45) is 17.3 Å². The van der Waals surface area contributed by atoms with E-state index in [0.29, 0.717) is 12.3 Å². The Kier molecular flexibility index (Phi) is 3.42. The van der Waals surface area contributed by atoms with E-state index in [1.807, 2.05) is 11.8 Å². The van der Waals surface area contributed by atoms with Crippen LogP contribution in [0.2, 0.25) is 0 Å². The fourth-order valence-corrected chi connectivity index (χ4v) is 3.45. The summed E-state index contributed by atoms with van der Waals surface area (Å²) in [6.45, 7) is 8.12. The number of amides is 1. The van der Waals surface area contributed by atoms with Crippen molar-refractivity contribution in [2.75, 3.05) is 13.1 Å². The molecule has 2 nitrogen and oxygen atoms in total. The number of carbonyl (C=O) groups excluding carboxylic acids is 1. The summed E-state index contributed by atoms with van der Waals surface area (Å²) in [4.78, 5) is 14.3. The zero-order chi connectivity index (χ0) is 12.8. The number of rotatable bonds is 2. The van der Waals surface area contributed by atoms with Gasteiger partial charge in [-0.25, -0.2) is 0 Å². The Bertz CT molecular complexity index is 321. The molecule has 0 spiro atoms. The minimum Gasteiger partial charge on any atom is -0.342 e. The van der Waals surface area contributed by atoms with Crippen LogP contribution in [-0.4, -0.2) is 28.2 Å². The van der Waals surface area contributed by atoms with Crippen molar-refractivity contribution in [3.8, 4) is 0 Å². The van der Waals surface area contributed by atoms with Crippen molar-refractivity contribution >= 4 is 29.1 Å². The maximum absolute atomic E-state index is 12.3. The third kappa shape index (κ3) is 2.31. The van der Waals surface area contributed by atoms with Crippen molar-refractivity contribution < 1.29 is 4.79 Å². The lowest BCUT2D eigenvalue weighted by Crippen LogP contribution is -2.43. The Morgan fingerprint density at radius 2 is 1.76 bits per heavy atom. The highest BCUT2D eigenvalue weighted by atomic mass is 35.5. The van der Waals surface area contributed by atoms with Crippen LogP contribution in [0.4, 0.5) is 0 Å². The number of halogens is 2. The van der Waals surface area contributed by atoms with Gasteiger partial charge in [-0.05, 0) is 38.0 Å². The van der Waals surface area contributed by atoms with Crippen molar-refractivity contribution in [1.29, 1.82) is 0 Å². The van der Waals surface area contributed by atoms with Crippen LogP contribution < -0.4 is 0 Å². The summed E-state index contributed by atoms with van der Waals surface area (Å²) < 4.78 is -0.834. The largest absolute Gasteiger partial charge is 0.342 e. The normalized spacial score (nSPS) is 32.9. The Morgan fingerprint density at radius 3 is 2.12 bits per heavy atom. The molecule has 17 heavy (non-hydrogen) atoms. The van der Waals surface area contributed by atoms with E-state index in [2.05, 4.69) is 13.8 Å². The minimum atomic E-state index is -0.834. The first-order valence-corrected chi connectivity index (χ1v) is 7.21. The predicted octanol–water partition coefficient (Wildman–Crippen LogP) is 3.46. The summed E-state index contributed by atoms with van der Waals surface area (Å²) in [5, 5.41) is 0. The summed E-state index contributed by atoms with van der Waals surface area (Å²) in [5.74, 6) is 1.61. The van der Waals surface area contributed by atoms with Gasteiger partial charge in [0.2, 0.25) is 5.91 Å². The van der Waals surface area contributed by atoms with E-state index in [9.17, 15) is 4.79 Å². The second kappa shape index (κ2) is 4.31. The average Bonchev–Trinajstić information content (AvgIpc) is 2.78. The second-order valence-corrected chi connectivity index (χ2v) is 7.57. The first-order chi connectivity index (χ1) is 7.78. The molecule has 0 aromatic rings. The van der Waals surface area contributed by atoms with Gasteiger partial charge in [0.25, 0.3) is 0 Å². The van der Waals surface area contributed by atoms with Crippen LogP contribution in [0.1, 0.15) is 40.0 Å². The summed E-state index contributed by atoms with van der Waals surface area (Å²) >= 11 is 12.1. The zero-order valence-electron chi connectivity index (χ0n) is 10.8. The van der Waals surface area contributed by atoms with Gasteiger partial charge in [-0.3, -0.25) is 4.79 Å². The van der Waals surface area contributed by atoms with Crippen LogP contribution in [0.25, 0.3) is 0 Å². The van der Waals surface area contributed by atoms with Gasteiger partial charge in [0.05, 0.1) is 5.41 Å². The summed E-state index contributed by atoms with van der Waals surface area (Å²) in [6.07, 6.45) is 2.81. The molecule has 0 N–H and O–H groups in total. The van der Waals surface area contributed by atoms with E-state index >= 15 is 0 Å². The molecule has 2 fully saturated rings. The summed E-state index contributed by atoms with van der Waals surface area (Å²) in [6, 6.07) is 0. The molecule has 2 aliphatic rings. The molecule has 1 amide bonds. The van der Waals surface area contributed by atoms with Gasteiger partial charge in [0.1, 0.15) is 4.33 Å². The van der Waals surface area contributed by atoms with Gasteiger partial charge in [0, 0.05) is 13.1 Å². The van der Waals surface area contributed by atoms with Crippen LogP contribution in [0, 0.1) is 17.3 Å². The molecule has 0 aromatic heterocycles. The summed E-state index contributed by atoms with van der Waals surface area (Å²) in [5.41, 5.74) is -0.541. The number of hydrogen-bond donors (Lipinski definition) is 0. The average molecular weight is 278 g/mol. The Hall–Kier alpha value is 0.0500. The monoisotopic (exact) mass is 277 g/mol. The summed E-state index contributed by atoms with van der Waals surface area (Å²) in [7, 11) is 0. The zero-order valence-corrected chi connectivity index (χ0v) is 12.3. The van der Waals surface area contributed by atoms with E-state index < -0.39 is 9.75 Å². The van der Waals surface area contributed by atoms with E-state index in [1.165, 1.54) is 0 Å². The van der Waals surface area contributed by atoms with Crippen LogP contribution in [-0.2, 0) is 4.79 Å². The number of piperidine rings is 1. The number of alkyl halides is 2. The van der Waals surface area contributed by atoms with Gasteiger partial charge in [-0.2, -0.15) is 0 Å². The molecule has 0 aromatic carbocycles. The highest BCUT2D eigenvalue weighted by Crippen LogP contribution is 2.64. The van der Waals surface area contributed by atoms with Gasteiger partial charge >= 0.3 is 0 Å².